The summed E-state index contributed by atoms with van der Waals surface area (Å²) < 4.78 is 13.5. The predicted octanol–water partition coefficient (Wildman–Crippen LogP) is 2.65. The van der Waals surface area contributed by atoms with Crippen molar-refractivity contribution in [2.75, 3.05) is 18.0 Å². The van der Waals surface area contributed by atoms with E-state index in [0.717, 1.165) is 6.07 Å². The van der Waals surface area contributed by atoms with Crippen molar-refractivity contribution in [2.24, 2.45) is 11.8 Å². The third kappa shape index (κ3) is 2.60. The Bertz CT molecular complexity index is 581. The molecule has 1 heterocycles. The maximum atomic E-state index is 13.4. The van der Waals surface area contributed by atoms with E-state index in [2.05, 4.69) is 15.9 Å². The number of hydrogen-bond donors (Lipinski definition) is 1. The molecular weight excluding hydrogens is 335 g/mol. The molecule has 1 aliphatic rings. The van der Waals surface area contributed by atoms with E-state index in [4.69, 9.17) is 5.11 Å². The molecule has 0 aliphatic carbocycles. The van der Waals surface area contributed by atoms with Gasteiger partial charge in [-0.1, -0.05) is 6.92 Å². The Morgan fingerprint density at radius 1 is 1.55 bits per heavy atom. The maximum absolute atomic E-state index is 13.4. The molecule has 1 aromatic rings. The first-order valence-electron chi connectivity index (χ1n) is 5.92. The predicted molar refractivity (Wildman–Crippen MR) is 73.3 cm³/mol. The number of nitrogens with zero attached hydrogens (tertiary/aromatic N) is 2. The summed E-state index contributed by atoms with van der Waals surface area (Å²) in [5, 5.41) is 20.1. The van der Waals surface area contributed by atoms with Crippen molar-refractivity contribution < 1.29 is 19.2 Å². The lowest BCUT2D eigenvalue weighted by Gasteiger charge is -2.18. The highest BCUT2D eigenvalue weighted by Crippen LogP contribution is 2.37. The van der Waals surface area contributed by atoms with Gasteiger partial charge >= 0.3 is 5.97 Å². The Hall–Kier alpha value is -1.70. The van der Waals surface area contributed by atoms with E-state index < -0.39 is 22.6 Å². The van der Waals surface area contributed by atoms with Crippen LogP contribution in [-0.2, 0) is 4.79 Å². The molecule has 20 heavy (non-hydrogen) atoms. The minimum Gasteiger partial charge on any atom is -0.481 e. The van der Waals surface area contributed by atoms with Gasteiger partial charge in [-0.2, -0.15) is 0 Å². The van der Waals surface area contributed by atoms with E-state index in [9.17, 15) is 19.3 Å². The van der Waals surface area contributed by atoms with Crippen molar-refractivity contribution in [3.63, 3.8) is 0 Å². The first kappa shape index (κ1) is 14.7. The number of carbonyl (C=O) groups is 1. The van der Waals surface area contributed by atoms with E-state index in [1.807, 2.05) is 0 Å². The van der Waals surface area contributed by atoms with Gasteiger partial charge in [-0.3, -0.25) is 14.9 Å². The van der Waals surface area contributed by atoms with E-state index in [1.54, 1.807) is 11.8 Å². The molecule has 1 fully saturated rings. The summed E-state index contributed by atoms with van der Waals surface area (Å²) in [7, 11) is 0. The highest BCUT2D eigenvalue weighted by atomic mass is 79.9. The fourth-order valence-corrected chi connectivity index (χ4v) is 2.74. The number of rotatable bonds is 3. The third-order valence-electron chi connectivity index (χ3n) is 3.48. The molecule has 0 aromatic heterocycles. The quantitative estimate of drug-likeness (QED) is 0.671. The van der Waals surface area contributed by atoms with Crippen molar-refractivity contribution in [3.05, 3.63) is 32.5 Å². The number of carboxylic acid groups (broad SMARTS) is 1. The van der Waals surface area contributed by atoms with Crippen LogP contribution >= 0.6 is 15.9 Å². The third-order valence-corrected chi connectivity index (χ3v) is 4.09. The van der Waals surface area contributed by atoms with Crippen LogP contribution in [0.15, 0.2) is 16.6 Å². The van der Waals surface area contributed by atoms with Crippen LogP contribution in [0.5, 0.6) is 0 Å². The first-order chi connectivity index (χ1) is 9.31. The monoisotopic (exact) mass is 346 g/mol. The Kier molecular flexibility index (Phi) is 3.94. The number of nitro benzene ring substituents is 1. The van der Waals surface area contributed by atoms with Crippen LogP contribution in [0, 0.1) is 27.8 Å². The Morgan fingerprint density at radius 3 is 2.70 bits per heavy atom. The normalized spacial score (nSPS) is 22.1. The second kappa shape index (κ2) is 5.35. The Morgan fingerprint density at radius 2 is 2.20 bits per heavy atom. The van der Waals surface area contributed by atoms with Crippen molar-refractivity contribution in [3.8, 4) is 0 Å². The van der Waals surface area contributed by atoms with Gasteiger partial charge in [0.05, 0.1) is 21.4 Å². The second-order valence-electron chi connectivity index (χ2n) is 4.84. The highest BCUT2D eigenvalue weighted by Gasteiger charge is 2.37. The molecule has 2 unspecified atom stereocenters. The van der Waals surface area contributed by atoms with E-state index in [1.165, 1.54) is 6.07 Å². The lowest BCUT2D eigenvalue weighted by molar-refractivity contribution is -0.384. The van der Waals surface area contributed by atoms with Gasteiger partial charge < -0.3 is 10.0 Å². The minimum atomic E-state index is -0.927. The summed E-state index contributed by atoms with van der Waals surface area (Å²) in [5.74, 6) is -2.36. The summed E-state index contributed by atoms with van der Waals surface area (Å²) in [6.07, 6.45) is 0. The molecule has 0 spiro atoms. The largest absolute Gasteiger partial charge is 0.481 e. The number of nitro groups is 1. The van der Waals surface area contributed by atoms with Gasteiger partial charge in [-0.05, 0) is 27.9 Å². The summed E-state index contributed by atoms with van der Waals surface area (Å²) in [5.41, 5.74) is -0.122. The molecule has 0 amide bonds. The lowest BCUT2D eigenvalue weighted by Crippen LogP contribution is -2.23. The SMILES string of the molecule is CC1CN(c2cc(Br)c(F)cc2[N+](=O)[O-])CC1C(=O)O. The summed E-state index contributed by atoms with van der Waals surface area (Å²) >= 11 is 3.00. The zero-order chi connectivity index (χ0) is 15.0. The van der Waals surface area contributed by atoms with Crippen LogP contribution in [0.1, 0.15) is 6.92 Å². The summed E-state index contributed by atoms with van der Waals surface area (Å²) in [6.45, 7) is 2.34. The number of benzene rings is 1. The number of halogens is 2. The molecule has 2 atom stereocenters. The van der Waals surface area contributed by atoms with Gasteiger partial charge in [-0.25, -0.2) is 4.39 Å². The average molecular weight is 347 g/mol. The van der Waals surface area contributed by atoms with Crippen LogP contribution < -0.4 is 4.90 Å². The lowest BCUT2D eigenvalue weighted by atomic mass is 9.99. The number of aliphatic carboxylic acids is 1. The number of carboxylic acids is 1. The molecule has 0 radical (unpaired) electrons. The summed E-state index contributed by atoms with van der Waals surface area (Å²) in [4.78, 5) is 23.1. The van der Waals surface area contributed by atoms with Gasteiger partial charge in [0.15, 0.2) is 0 Å². The van der Waals surface area contributed by atoms with Crippen LogP contribution in [0.4, 0.5) is 15.8 Å². The molecule has 1 aliphatic heterocycles. The number of hydrogen-bond acceptors (Lipinski definition) is 4. The molecule has 6 nitrogen and oxygen atoms in total. The molecule has 1 saturated heterocycles. The topological polar surface area (TPSA) is 83.7 Å². The van der Waals surface area contributed by atoms with Crippen LogP contribution in [-0.4, -0.2) is 29.1 Å². The van der Waals surface area contributed by atoms with Gasteiger partial charge in [-0.15, -0.1) is 0 Å². The highest BCUT2D eigenvalue weighted by molar-refractivity contribution is 9.10. The molecule has 0 saturated carbocycles. The van der Waals surface area contributed by atoms with Crippen molar-refractivity contribution >= 4 is 33.3 Å². The standard InChI is InChI=1S/C12H12BrFN2O4/c1-6-4-15(5-7(6)12(17)18)10-2-8(13)9(14)3-11(10)16(19)20/h2-3,6-7H,4-5H2,1H3,(H,17,18). The Balaban J connectivity index is 2.41. The van der Waals surface area contributed by atoms with Crippen LogP contribution in [0.25, 0.3) is 0 Å². The molecular formula is C12H12BrFN2O4. The molecule has 8 heteroatoms. The van der Waals surface area contributed by atoms with E-state index in [-0.39, 0.29) is 28.3 Å². The zero-order valence-corrected chi connectivity index (χ0v) is 12.1. The minimum absolute atomic E-state index is 0.115. The molecule has 2 rings (SSSR count). The van der Waals surface area contributed by atoms with E-state index >= 15 is 0 Å². The van der Waals surface area contributed by atoms with Crippen molar-refractivity contribution in [2.45, 2.75) is 6.92 Å². The molecule has 1 N–H and O–H groups in total. The van der Waals surface area contributed by atoms with Crippen molar-refractivity contribution in [1.82, 2.24) is 0 Å². The molecule has 0 bridgehead atoms. The van der Waals surface area contributed by atoms with E-state index in [0.29, 0.717) is 6.54 Å². The number of anilines is 1. The van der Waals surface area contributed by atoms with Crippen molar-refractivity contribution in [1.29, 1.82) is 0 Å². The summed E-state index contributed by atoms with van der Waals surface area (Å²) in [6, 6.07) is 2.17. The maximum Gasteiger partial charge on any atom is 0.308 e. The van der Waals surface area contributed by atoms with Gasteiger partial charge in [0, 0.05) is 13.1 Å². The average Bonchev–Trinajstić information content (AvgIpc) is 2.74. The fourth-order valence-electron chi connectivity index (χ4n) is 2.41. The first-order valence-corrected chi connectivity index (χ1v) is 6.71. The molecule has 108 valence electrons. The van der Waals surface area contributed by atoms with Crippen LogP contribution in [0.3, 0.4) is 0 Å². The fraction of sp³-hybridized carbons (Fsp3) is 0.417. The Labute approximate surface area is 122 Å². The molecule has 1 aromatic carbocycles. The smallest absolute Gasteiger partial charge is 0.308 e. The van der Waals surface area contributed by atoms with Crippen LogP contribution in [0.2, 0.25) is 0 Å². The second-order valence-corrected chi connectivity index (χ2v) is 5.69. The van der Waals surface area contributed by atoms with Gasteiger partial charge in [0.2, 0.25) is 0 Å². The zero-order valence-electron chi connectivity index (χ0n) is 10.5. The van der Waals surface area contributed by atoms with Gasteiger partial charge in [0.25, 0.3) is 5.69 Å². The van der Waals surface area contributed by atoms with Gasteiger partial charge in [0.1, 0.15) is 11.5 Å².